The van der Waals surface area contributed by atoms with Gasteiger partial charge in [0.25, 0.3) is 0 Å². The fourth-order valence-corrected chi connectivity index (χ4v) is 0.134. The first-order valence-electron chi connectivity index (χ1n) is 1.62. The minimum absolute atomic E-state index is 0. The van der Waals surface area contributed by atoms with Gasteiger partial charge in [0.05, 0.1) is 0 Å². The Morgan fingerprint density at radius 2 is 1.56 bits per heavy atom. The molecule has 0 amide bonds. The lowest BCUT2D eigenvalue weighted by atomic mass is 10.6. The van der Waals surface area contributed by atoms with Crippen molar-refractivity contribution in [3.63, 3.8) is 0 Å². The van der Waals surface area contributed by atoms with Crippen LogP contribution in [0.15, 0.2) is 0 Å². The molecule has 0 aliphatic carbocycles. The van der Waals surface area contributed by atoms with Crippen LogP contribution >= 0.6 is 0 Å². The maximum Gasteiger partial charge on any atom is 0.478 e. The van der Waals surface area contributed by atoms with E-state index in [4.69, 9.17) is 5.11 Å². The van der Waals surface area contributed by atoms with Gasteiger partial charge in [0.15, 0.2) is 17.4 Å². The zero-order valence-corrected chi connectivity index (χ0v) is 3.40. The molecule has 0 spiro atoms. The fraction of sp³-hybridized carbons (Fsp3) is 1.00. The predicted molar refractivity (Wildman–Crippen MR) is 23.1 cm³/mol. The van der Waals surface area contributed by atoms with Crippen LogP contribution in [0.4, 0.5) is 13.2 Å². The van der Waals surface area contributed by atoms with Crippen LogP contribution in [0.5, 0.6) is 0 Å². The summed E-state index contributed by atoms with van der Waals surface area (Å²) < 4.78 is 33.4. The smallest absolute Gasteiger partial charge is 0.332 e. The number of hydrogen-bond donors (Lipinski definition) is 1. The van der Waals surface area contributed by atoms with Crippen LogP contribution in [-0.4, -0.2) is 34.6 Å². The second kappa shape index (κ2) is 2.11. The van der Waals surface area contributed by atoms with Crippen molar-refractivity contribution >= 4 is 17.4 Å². The maximum absolute atomic E-state index is 11.1. The Balaban J connectivity index is 0.000000640. The molecule has 1 aliphatic heterocycles. The van der Waals surface area contributed by atoms with Gasteiger partial charge in [-0.3, -0.25) is 0 Å². The van der Waals surface area contributed by atoms with Gasteiger partial charge in [0.2, 0.25) is 0 Å². The summed E-state index contributed by atoms with van der Waals surface area (Å²) in [6.07, 6.45) is -4.84. The number of aliphatic hydroxyl groups is 1. The monoisotopic (exact) mass is 160 g/mol. The lowest BCUT2D eigenvalue weighted by molar-refractivity contribution is -0.265. The van der Waals surface area contributed by atoms with E-state index in [-0.39, 0.29) is 17.4 Å². The van der Waals surface area contributed by atoms with E-state index in [9.17, 15) is 13.2 Å². The zero-order valence-electron chi connectivity index (χ0n) is 3.40. The molecule has 54 valence electrons. The molecule has 7 heteroatoms. The number of alkyl halides is 3. The Morgan fingerprint density at radius 3 is 1.56 bits per heavy atom. The van der Waals surface area contributed by atoms with E-state index in [0.717, 1.165) is 0 Å². The zero-order chi connectivity index (χ0) is 6.41. The summed E-state index contributed by atoms with van der Waals surface area (Å²) in [6.45, 7) is 0. The molecule has 1 saturated heterocycles. The van der Waals surface area contributed by atoms with Crippen LogP contribution in [0.3, 0.4) is 0 Å². The maximum atomic E-state index is 11.1. The average molecular weight is 160 g/mol. The minimum atomic E-state index is -4.84. The number of halogens is 3. The predicted octanol–water partition coefficient (Wildman–Crippen LogP) is -1.03. The molecule has 1 aliphatic rings. The van der Waals surface area contributed by atoms with E-state index in [2.05, 4.69) is 9.78 Å². The SMILES string of the molecule is OC1(C(F)(F)F)OO1.[AlH3]. The van der Waals surface area contributed by atoms with Crippen molar-refractivity contribution in [2.45, 2.75) is 12.1 Å². The minimum Gasteiger partial charge on any atom is -0.332 e. The van der Waals surface area contributed by atoms with E-state index >= 15 is 0 Å². The van der Waals surface area contributed by atoms with E-state index in [0.29, 0.717) is 0 Å². The van der Waals surface area contributed by atoms with Gasteiger partial charge in [-0.15, -0.1) is 0 Å². The molecule has 0 aromatic heterocycles. The van der Waals surface area contributed by atoms with Gasteiger partial charge in [-0.05, 0) is 0 Å². The van der Waals surface area contributed by atoms with Crippen LogP contribution in [-0.2, 0) is 9.78 Å². The molecule has 0 radical (unpaired) electrons. The van der Waals surface area contributed by atoms with Crippen LogP contribution < -0.4 is 0 Å². The normalized spacial score (nSPS) is 22.7. The summed E-state index contributed by atoms with van der Waals surface area (Å²) in [5, 5.41) is 7.90. The van der Waals surface area contributed by atoms with Crippen molar-refractivity contribution in [2.75, 3.05) is 0 Å². The molecular weight excluding hydrogens is 156 g/mol. The highest BCUT2D eigenvalue weighted by atomic mass is 27.0. The van der Waals surface area contributed by atoms with Crippen molar-refractivity contribution in [3.05, 3.63) is 0 Å². The fourth-order valence-electron chi connectivity index (χ4n) is 0.134. The quantitative estimate of drug-likeness (QED) is 0.280. The number of rotatable bonds is 0. The van der Waals surface area contributed by atoms with Gasteiger partial charge in [0, 0.05) is 0 Å². The molecule has 1 N–H and O–H groups in total. The first-order valence-corrected chi connectivity index (χ1v) is 1.62. The first-order chi connectivity index (χ1) is 3.46. The molecule has 1 rings (SSSR count). The second-order valence-corrected chi connectivity index (χ2v) is 1.25. The lowest BCUT2D eigenvalue weighted by Gasteiger charge is -2.01. The average Bonchev–Trinajstić information content (AvgIpc) is 2.16. The van der Waals surface area contributed by atoms with Crippen LogP contribution in [0.25, 0.3) is 0 Å². The summed E-state index contributed by atoms with van der Waals surface area (Å²) in [5.74, 6) is -3.31. The first kappa shape index (κ1) is 9.20. The standard InChI is InChI=1S/C2HF3O3.Al.3H/c3-1(4,5)2(6)7-8-2;;;;/h6H;;;;. The molecule has 0 atom stereocenters. The summed E-state index contributed by atoms with van der Waals surface area (Å²) in [4.78, 5) is 6.38. The van der Waals surface area contributed by atoms with Crippen molar-refractivity contribution < 1.29 is 28.1 Å². The van der Waals surface area contributed by atoms with E-state index in [1.165, 1.54) is 0 Å². The third-order valence-electron chi connectivity index (χ3n) is 0.599. The van der Waals surface area contributed by atoms with Gasteiger partial charge in [-0.25, -0.2) is 0 Å². The Bertz CT molecular complexity index is 105. The molecule has 0 unspecified atom stereocenters. The topological polar surface area (TPSA) is 45.3 Å². The van der Waals surface area contributed by atoms with E-state index in [1.54, 1.807) is 0 Å². The summed E-state index contributed by atoms with van der Waals surface area (Å²) >= 11 is 0. The molecule has 9 heavy (non-hydrogen) atoms. The van der Waals surface area contributed by atoms with Crippen LogP contribution in [0, 0.1) is 0 Å². The molecule has 3 nitrogen and oxygen atoms in total. The van der Waals surface area contributed by atoms with Crippen LogP contribution in [0.1, 0.15) is 0 Å². The molecule has 0 aromatic rings. The highest BCUT2D eigenvalue weighted by Gasteiger charge is 2.70. The van der Waals surface area contributed by atoms with Crippen molar-refractivity contribution in [1.29, 1.82) is 0 Å². The molecule has 0 aromatic carbocycles. The highest BCUT2D eigenvalue weighted by Crippen LogP contribution is 2.42. The Kier molecular flexibility index (Phi) is 2.16. The van der Waals surface area contributed by atoms with Gasteiger partial charge in [-0.1, -0.05) is 0 Å². The third kappa shape index (κ3) is 1.56. The number of hydrogen-bond acceptors (Lipinski definition) is 3. The largest absolute Gasteiger partial charge is 0.478 e. The van der Waals surface area contributed by atoms with Crippen LogP contribution in [0.2, 0.25) is 0 Å². The summed E-state index contributed by atoms with van der Waals surface area (Å²) in [7, 11) is 0. The van der Waals surface area contributed by atoms with E-state index < -0.39 is 12.1 Å². The van der Waals surface area contributed by atoms with Gasteiger partial charge >= 0.3 is 12.1 Å². The molecule has 1 fully saturated rings. The van der Waals surface area contributed by atoms with Crippen molar-refractivity contribution in [1.82, 2.24) is 0 Å². The molecule has 0 saturated carbocycles. The Morgan fingerprint density at radius 1 is 1.22 bits per heavy atom. The van der Waals surface area contributed by atoms with Gasteiger partial charge < -0.3 is 5.11 Å². The van der Waals surface area contributed by atoms with Gasteiger partial charge in [0.1, 0.15) is 0 Å². The Labute approximate surface area is 58.4 Å². The van der Waals surface area contributed by atoms with E-state index in [1.807, 2.05) is 0 Å². The molecule has 0 bridgehead atoms. The second-order valence-electron chi connectivity index (χ2n) is 1.25. The summed E-state index contributed by atoms with van der Waals surface area (Å²) in [5.41, 5.74) is 0. The Hall–Kier alpha value is 0.202. The van der Waals surface area contributed by atoms with Crippen molar-refractivity contribution in [2.24, 2.45) is 0 Å². The van der Waals surface area contributed by atoms with Gasteiger partial charge in [-0.2, -0.15) is 22.9 Å². The summed E-state index contributed by atoms with van der Waals surface area (Å²) in [6, 6.07) is 0. The lowest BCUT2D eigenvalue weighted by Crippen LogP contribution is -2.31. The molecule has 1 heterocycles. The third-order valence-corrected chi connectivity index (χ3v) is 0.599. The van der Waals surface area contributed by atoms with Crippen molar-refractivity contribution in [3.8, 4) is 0 Å². The molecular formula is C2H4AlF3O3. The highest BCUT2D eigenvalue weighted by molar-refractivity contribution is 5.75.